The highest BCUT2D eigenvalue weighted by Gasteiger charge is 2.44. The van der Waals surface area contributed by atoms with Crippen LogP contribution in [-0.2, 0) is 10.5 Å². The van der Waals surface area contributed by atoms with Gasteiger partial charge < -0.3 is 0 Å². The van der Waals surface area contributed by atoms with Crippen molar-refractivity contribution in [2.24, 2.45) is 0 Å². The van der Waals surface area contributed by atoms with Crippen LogP contribution in [0.3, 0.4) is 0 Å². The van der Waals surface area contributed by atoms with Gasteiger partial charge in [-0.3, -0.25) is 4.79 Å². The third-order valence-electron chi connectivity index (χ3n) is 3.00. The molecule has 0 bridgehead atoms. The minimum atomic E-state index is -2.02. The first-order valence-electron chi connectivity index (χ1n) is 5.26. The minimum absolute atomic E-state index is 0.421. The van der Waals surface area contributed by atoms with E-state index in [1.165, 1.54) is 17.4 Å². The average Bonchev–Trinajstić information content (AvgIpc) is 2.88. The van der Waals surface area contributed by atoms with Crippen molar-refractivity contribution in [2.45, 2.75) is 5.67 Å². The van der Waals surface area contributed by atoms with Gasteiger partial charge in [-0.2, -0.15) is 11.3 Å². The summed E-state index contributed by atoms with van der Waals surface area (Å²) >= 11 is 1.39. The van der Waals surface area contributed by atoms with Crippen molar-refractivity contribution in [1.29, 1.82) is 0 Å². The zero-order valence-electron chi connectivity index (χ0n) is 8.89. The normalized spacial score (nSPS) is 22.5. The molecule has 1 aromatic carbocycles. The van der Waals surface area contributed by atoms with Crippen molar-refractivity contribution in [3.63, 3.8) is 0 Å². The third kappa shape index (κ3) is 1.39. The maximum absolute atomic E-state index is 15.1. The first-order valence-corrected chi connectivity index (χ1v) is 6.21. The van der Waals surface area contributed by atoms with Crippen molar-refractivity contribution < 1.29 is 9.18 Å². The van der Waals surface area contributed by atoms with E-state index in [0.29, 0.717) is 11.1 Å². The molecule has 0 spiro atoms. The summed E-state index contributed by atoms with van der Waals surface area (Å²) in [5, 5.41) is 3.47. The van der Waals surface area contributed by atoms with Gasteiger partial charge in [-0.1, -0.05) is 30.3 Å². The summed E-state index contributed by atoms with van der Waals surface area (Å²) in [5.74, 6) is -0.505. The molecule has 0 saturated heterocycles. The van der Waals surface area contributed by atoms with Gasteiger partial charge in [0.25, 0.3) is 0 Å². The SMILES string of the molecule is O=C1C=Cc2ccccc2[C@]1(F)c1ccsc1. The van der Waals surface area contributed by atoms with Gasteiger partial charge in [-0.15, -0.1) is 0 Å². The molecule has 3 heteroatoms. The highest BCUT2D eigenvalue weighted by Crippen LogP contribution is 2.41. The number of allylic oxidation sites excluding steroid dienone is 1. The van der Waals surface area contributed by atoms with Gasteiger partial charge in [-0.25, -0.2) is 4.39 Å². The second kappa shape index (κ2) is 3.64. The molecule has 0 saturated carbocycles. The standard InChI is InChI=1S/C14H9FOS/c15-14(11-7-8-17-9-11)12-4-2-1-3-10(12)5-6-13(14)16/h1-9H/t14-/m1/s1. The van der Waals surface area contributed by atoms with Gasteiger partial charge >= 0.3 is 0 Å². The van der Waals surface area contributed by atoms with Crippen molar-refractivity contribution in [2.75, 3.05) is 0 Å². The van der Waals surface area contributed by atoms with E-state index in [1.54, 1.807) is 35.0 Å². The Kier molecular flexibility index (Phi) is 2.23. The van der Waals surface area contributed by atoms with Crippen molar-refractivity contribution >= 4 is 23.2 Å². The van der Waals surface area contributed by atoms with Gasteiger partial charge in [0.2, 0.25) is 11.5 Å². The van der Waals surface area contributed by atoms with E-state index in [9.17, 15) is 4.79 Å². The lowest BCUT2D eigenvalue weighted by molar-refractivity contribution is -0.123. The Morgan fingerprint density at radius 1 is 1.12 bits per heavy atom. The van der Waals surface area contributed by atoms with E-state index in [0.717, 1.165) is 5.56 Å². The lowest BCUT2D eigenvalue weighted by atomic mass is 9.80. The smallest absolute Gasteiger partial charge is 0.224 e. The fourth-order valence-corrected chi connectivity index (χ4v) is 2.82. The van der Waals surface area contributed by atoms with Crippen LogP contribution in [-0.4, -0.2) is 5.78 Å². The number of carbonyl (C=O) groups is 1. The monoisotopic (exact) mass is 244 g/mol. The van der Waals surface area contributed by atoms with Crippen LogP contribution in [0.2, 0.25) is 0 Å². The number of benzene rings is 1. The fourth-order valence-electron chi connectivity index (χ4n) is 2.13. The number of halogens is 1. The van der Waals surface area contributed by atoms with Crippen LogP contribution in [0, 0.1) is 0 Å². The molecule has 1 nitrogen and oxygen atoms in total. The molecule has 0 unspecified atom stereocenters. The van der Waals surface area contributed by atoms with E-state index >= 15 is 4.39 Å². The van der Waals surface area contributed by atoms with E-state index in [2.05, 4.69) is 0 Å². The number of fused-ring (bicyclic) bond motifs is 1. The topological polar surface area (TPSA) is 17.1 Å². The lowest BCUT2D eigenvalue weighted by Gasteiger charge is -2.27. The summed E-state index contributed by atoms with van der Waals surface area (Å²) in [5.41, 5.74) is -0.401. The quantitative estimate of drug-likeness (QED) is 0.749. The second-order valence-corrected chi connectivity index (χ2v) is 4.74. The fraction of sp³-hybridized carbons (Fsp3) is 0.0714. The number of hydrogen-bond acceptors (Lipinski definition) is 2. The molecule has 0 amide bonds. The van der Waals surface area contributed by atoms with E-state index in [1.807, 2.05) is 12.1 Å². The van der Waals surface area contributed by atoms with Gasteiger partial charge in [0.05, 0.1) is 0 Å². The minimum Gasteiger partial charge on any atom is -0.290 e. The molecule has 3 rings (SSSR count). The summed E-state index contributed by atoms with van der Waals surface area (Å²) < 4.78 is 15.1. The predicted molar refractivity (Wildman–Crippen MR) is 66.7 cm³/mol. The Morgan fingerprint density at radius 2 is 1.94 bits per heavy atom. The van der Waals surface area contributed by atoms with Gasteiger partial charge in [0.1, 0.15) is 0 Å². The van der Waals surface area contributed by atoms with Crippen molar-refractivity contribution in [3.8, 4) is 0 Å². The lowest BCUT2D eigenvalue weighted by Crippen LogP contribution is -2.33. The van der Waals surface area contributed by atoms with Crippen LogP contribution < -0.4 is 0 Å². The molecule has 84 valence electrons. The van der Waals surface area contributed by atoms with Crippen molar-refractivity contribution in [3.05, 3.63) is 63.9 Å². The highest BCUT2D eigenvalue weighted by atomic mass is 32.1. The Balaban J connectivity index is 2.29. The third-order valence-corrected chi connectivity index (χ3v) is 3.69. The zero-order valence-corrected chi connectivity index (χ0v) is 9.71. The largest absolute Gasteiger partial charge is 0.290 e. The van der Waals surface area contributed by atoms with Crippen LogP contribution in [0.4, 0.5) is 4.39 Å². The molecule has 0 radical (unpaired) electrons. The summed E-state index contributed by atoms with van der Waals surface area (Å²) in [6.45, 7) is 0. The molecular formula is C14H9FOS. The number of alkyl halides is 1. The number of ketones is 1. The molecule has 0 fully saturated rings. The molecule has 0 N–H and O–H groups in total. The van der Waals surface area contributed by atoms with Crippen LogP contribution in [0.5, 0.6) is 0 Å². The molecule has 1 atom stereocenters. The zero-order chi connectivity index (χ0) is 11.9. The van der Waals surface area contributed by atoms with E-state index in [-0.39, 0.29) is 0 Å². The van der Waals surface area contributed by atoms with Crippen LogP contribution in [0.25, 0.3) is 6.08 Å². The van der Waals surface area contributed by atoms with Gasteiger partial charge in [-0.05, 0) is 28.5 Å². The molecule has 1 aliphatic rings. The maximum atomic E-state index is 15.1. The molecule has 0 aliphatic heterocycles. The first kappa shape index (κ1) is 10.4. The van der Waals surface area contributed by atoms with E-state index in [4.69, 9.17) is 0 Å². The Labute approximate surface area is 102 Å². The molecular weight excluding hydrogens is 235 g/mol. The van der Waals surface area contributed by atoms with Crippen molar-refractivity contribution in [1.82, 2.24) is 0 Å². The number of thiophene rings is 1. The molecule has 1 aromatic heterocycles. The molecule has 1 heterocycles. The number of hydrogen-bond donors (Lipinski definition) is 0. The first-order chi connectivity index (χ1) is 8.23. The van der Waals surface area contributed by atoms with Crippen LogP contribution in [0.1, 0.15) is 16.7 Å². The van der Waals surface area contributed by atoms with Gasteiger partial charge in [0.15, 0.2) is 0 Å². The summed E-state index contributed by atoms with van der Waals surface area (Å²) in [7, 11) is 0. The van der Waals surface area contributed by atoms with E-state index < -0.39 is 11.5 Å². The Bertz CT molecular complexity index is 600. The van der Waals surface area contributed by atoms with Crippen LogP contribution >= 0.6 is 11.3 Å². The molecule has 2 aromatic rings. The Morgan fingerprint density at radius 3 is 2.71 bits per heavy atom. The van der Waals surface area contributed by atoms with Gasteiger partial charge in [0, 0.05) is 11.1 Å². The molecule has 1 aliphatic carbocycles. The average molecular weight is 244 g/mol. The molecule has 17 heavy (non-hydrogen) atoms. The summed E-state index contributed by atoms with van der Waals surface area (Å²) in [4.78, 5) is 11.9. The maximum Gasteiger partial charge on any atom is 0.224 e. The van der Waals surface area contributed by atoms with Crippen LogP contribution in [0.15, 0.2) is 47.2 Å². The predicted octanol–water partition coefficient (Wildman–Crippen LogP) is 3.56. The number of rotatable bonds is 1. The summed E-state index contributed by atoms with van der Waals surface area (Å²) in [6, 6.07) is 8.75. The second-order valence-electron chi connectivity index (χ2n) is 3.96. The highest BCUT2D eigenvalue weighted by molar-refractivity contribution is 7.08. The number of carbonyl (C=O) groups excluding carboxylic acids is 1. The summed E-state index contributed by atoms with van der Waals surface area (Å²) in [6.07, 6.45) is 2.99. The Hall–Kier alpha value is -1.74.